The highest BCUT2D eigenvalue weighted by molar-refractivity contribution is 5.74. The minimum Gasteiger partial charge on any atom is -0.341 e. The van der Waals surface area contributed by atoms with Crippen molar-refractivity contribution in [3.63, 3.8) is 0 Å². The fourth-order valence-corrected chi connectivity index (χ4v) is 2.06. The number of aryl methyl sites for hydroxylation is 1. The van der Waals surface area contributed by atoms with Crippen molar-refractivity contribution >= 4 is 11.2 Å². The smallest absolute Gasteiger partial charge is 0.177 e. The van der Waals surface area contributed by atoms with Gasteiger partial charge in [-0.1, -0.05) is 13.8 Å². The zero-order chi connectivity index (χ0) is 13.1. The normalized spacial score (nSPS) is 13.4. The van der Waals surface area contributed by atoms with Crippen molar-refractivity contribution in [2.24, 2.45) is 11.7 Å². The Morgan fingerprint density at radius 1 is 1.44 bits per heavy atom. The molecule has 2 aromatic rings. The van der Waals surface area contributed by atoms with Crippen LogP contribution in [0.5, 0.6) is 0 Å². The van der Waals surface area contributed by atoms with Crippen molar-refractivity contribution in [3.8, 4) is 0 Å². The third-order valence-electron chi connectivity index (χ3n) is 3.21. The largest absolute Gasteiger partial charge is 0.341 e. The van der Waals surface area contributed by atoms with Gasteiger partial charge in [0.1, 0.15) is 5.82 Å². The molecule has 0 aromatic carbocycles. The molecule has 0 spiro atoms. The van der Waals surface area contributed by atoms with Gasteiger partial charge in [-0.05, 0) is 24.5 Å². The molecule has 0 amide bonds. The molecule has 4 N–H and O–H groups in total. The molecule has 0 radical (unpaired) electrons. The molecular weight excluding hydrogens is 226 g/mol. The molecule has 2 rings (SSSR count). The molecule has 0 aliphatic heterocycles. The maximum Gasteiger partial charge on any atom is 0.177 e. The van der Waals surface area contributed by atoms with Gasteiger partial charge in [0.25, 0.3) is 0 Å². The van der Waals surface area contributed by atoms with Crippen LogP contribution in [0, 0.1) is 12.8 Å². The van der Waals surface area contributed by atoms with E-state index in [4.69, 9.17) is 5.73 Å². The first kappa shape index (κ1) is 13.0. The number of hydrogen-bond acceptors (Lipinski definition) is 4. The van der Waals surface area contributed by atoms with Crippen LogP contribution in [0.25, 0.3) is 11.2 Å². The second-order valence-corrected chi connectivity index (χ2v) is 4.96. The number of rotatable bonds is 5. The average molecular weight is 247 g/mol. The zero-order valence-electron chi connectivity index (χ0n) is 11.2. The summed E-state index contributed by atoms with van der Waals surface area (Å²) in [6.07, 6.45) is 1.80. The van der Waals surface area contributed by atoms with Crippen LogP contribution in [-0.2, 0) is 6.54 Å². The lowest BCUT2D eigenvalue weighted by atomic mass is 10.0. The third kappa shape index (κ3) is 2.68. The Morgan fingerprint density at radius 2 is 2.22 bits per heavy atom. The van der Waals surface area contributed by atoms with Gasteiger partial charge < -0.3 is 16.0 Å². The average Bonchev–Trinajstić information content (AvgIpc) is 2.70. The highest BCUT2D eigenvalue weighted by atomic mass is 15.0. The number of imidazole rings is 1. The molecule has 5 nitrogen and oxygen atoms in total. The summed E-state index contributed by atoms with van der Waals surface area (Å²) in [5, 5.41) is 3.49. The number of fused-ring (bicyclic) bond motifs is 1. The van der Waals surface area contributed by atoms with Crippen molar-refractivity contribution in [3.05, 3.63) is 23.7 Å². The lowest BCUT2D eigenvalue weighted by molar-refractivity contribution is 0.405. The van der Waals surface area contributed by atoms with Gasteiger partial charge in [-0.15, -0.1) is 0 Å². The number of H-pyrrole nitrogens is 1. The molecule has 0 aliphatic carbocycles. The van der Waals surface area contributed by atoms with Gasteiger partial charge in [0.2, 0.25) is 0 Å². The van der Waals surface area contributed by atoms with E-state index in [1.807, 2.05) is 13.0 Å². The first-order chi connectivity index (χ1) is 8.61. The summed E-state index contributed by atoms with van der Waals surface area (Å²) in [4.78, 5) is 11.8. The molecule has 98 valence electrons. The monoisotopic (exact) mass is 247 g/mol. The Hall–Kier alpha value is -1.46. The number of aromatic amines is 1. The van der Waals surface area contributed by atoms with E-state index in [9.17, 15) is 0 Å². The van der Waals surface area contributed by atoms with Crippen molar-refractivity contribution in [2.75, 3.05) is 6.54 Å². The highest BCUT2D eigenvalue weighted by Crippen LogP contribution is 2.14. The van der Waals surface area contributed by atoms with Crippen molar-refractivity contribution in [2.45, 2.75) is 33.4 Å². The van der Waals surface area contributed by atoms with Crippen LogP contribution >= 0.6 is 0 Å². The lowest BCUT2D eigenvalue weighted by Crippen LogP contribution is -2.39. The second kappa shape index (κ2) is 5.46. The third-order valence-corrected chi connectivity index (χ3v) is 3.21. The van der Waals surface area contributed by atoms with Crippen LogP contribution in [0.1, 0.15) is 25.2 Å². The Bertz CT molecular complexity index is 517. The van der Waals surface area contributed by atoms with Gasteiger partial charge in [-0.2, -0.15) is 0 Å². The summed E-state index contributed by atoms with van der Waals surface area (Å²) < 4.78 is 0. The standard InChI is InChI=1S/C13H21N5/c1-8(2)11(6-14)16-7-10-4-5-15-13-12(10)17-9(3)18-13/h4-5,8,11,16H,6-7,14H2,1-3H3,(H,15,17,18). The van der Waals surface area contributed by atoms with E-state index in [2.05, 4.69) is 34.1 Å². The summed E-state index contributed by atoms with van der Waals surface area (Å²) in [5.74, 6) is 1.42. The van der Waals surface area contributed by atoms with Crippen LogP contribution in [0.15, 0.2) is 12.3 Å². The maximum absolute atomic E-state index is 5.76. The molecule has 2 heterocycles. The van der Waals surface area contributed by atoms with Crippen LogP contribution in [0.2, 0.25) is 0 Å². The van der Waals surface area contributed by atoms with Gasteiger partial charge in [-0.3, -0.25) is 0 Å². The number of hydrogen-bond donors (Lipinski definition) is 3. The fourth-order valence-electron chi connectivity index (χ4n) is 2.06. The van der Waals surface area contributed by atoms with Crippen LogP contribution < -0.4 is 11.1 Å². The van der Waals surface area contributed by atoms with E-state index in [-0.39, 0.29) is 0 Å². The molecule has 1 unspecified atom stereocenters. The summed E-state index contributed by atoms with van der Waals surface area (Å²) in [6, 6.07) is 2.35. The van der Waals surface area contributed by atoms with E-state index in [0.29, 0.717) is 18.5 Å². The number of nitrogens with zero attached hydrogens (tertiary/aromatic N) is 2. The zero-order valence-corrected chi connectivity index (χ0v) is 11.2. The van der Waals surface area contributed by atoms with Crippen molar-refractivity contribution in [1.82, 2.24) is 20.3 Å². The molecule has 0 bridgehead atoms. The quantitative estimate of drug-likeness (QED) is 0.745. The minimum atomic E-state index is 0.331. The summed E-state index contributed by atoms with van der Waals surface area (Å²) in [6.45, 7) is 7.71. The molecule has 1 atom stereocenters. The molecular formula is C13H21N5. The summed E-state index contributed by atoms with van der Waals surface area (Å²) in [5.41, 5.74) is 8.73. The van der Waals surface area contributed by atoms with Gasteiger partial charge in [0, 0.05) is 25.3 Å². The van der Waals surface area contributed by atoms with Crippen LogP contribution in [0.3, 0.4) is 0 Å². The summed E-state index contributed by atoms with van der Waals surface area (Å²) >= 11 is 0. The van der Waals surface area contributed by atoms with Gasteiger partial charge in [0.15, 0.2) is 5.65 Å². The van der Waals surface area contributed by atoms with Crippen LogP contribution in [0.4, 0.5) is 0 Å². The molecule has 5 heteroatoms. The number of aromatic nitrogens is 3. The predicted molar refractivity (Wildman–Crippen MR) is 73.1 cm³/mol. The van der Waals surface area contributed by atoms with E-state index in [1.54, 1.807) is 6.20 Å². The first-order valence-electron chi connectivity index (χ1n) is 6.35. The SMILES string of the molecule is Cc1nc2nccc(CNC(CN)C(C)C)c2[nH]1. The lowest BCUT2D eigenvalue weighted by Gasteiger charge is -2.20. The van der Waals surface area contributed by atoms with Gasteiger partial charge in [-0.25, -0.2) is 9.97 Å². The van der Waals surface area contributed by atoms with Gasteiger partial charge in [0.05, 0.1) is 5.52 Å². The first-order valence-corrected chi connectivity index (χ1v) is 6.35. The molecule has 18 heavy (non-hydrogen) atoms. The van der Waals surface area contributed by atoms with E-state index in [0.717, 1.165) is 23.5 Å². The Kier molecular flexibility index (Phi) is 3.93. The topological polar surface area (TPSA) is 79.6 Å². The van der Waals surface area contributed by atoms with E-state index >= 15 is 0 Å². The van der Waals surface area contributed by atoms with Gasteiger partial charge >= 0.3 is 0 Å². The van der Waals surface area contributed by atoms with Crippen LogP contribution in [-0.4, -0.2) is 27.5 Å². The maximum atomic E-state index is 5.76. The number of nitrogens with one attached hydrogen (secondary N) is 2. The Labute approximate surface area is 107 Å². The number of nitrogens with two attached hydrogens (primary N) is 1. The molecule has 0 aliphatic rings. The van der Waals surface area contributed by atoms with Crippen molar-refractivity contribution < 1.29 is 0 Å². The highest BCUT2D eigenvalue weighted by Gasteiger charge is 2.12. The Balaban J connectivity index is 2.16. The molecule has 0 saturated heterocycles. The van der Waals surface area contributed by atoms with Crippen molar-refractivity contribution in [1.29, 1.82) is 0 Å². The van der Waals surface area contributed by atoms with E-state index < -0.39 is 0 Å². The fraction of sp³-hybridized carbons (Fsp3) is 0.538. The minimum absolute atomic E-state index is 0.331. The number of pyridine rings is 1. The second-order valence-electron chi connectivity index (χ2n) is 4.96. The molecule has 0 fully saturated rings. The predicted octanol–water partition coefficient (Wildman–Crippen LogP) is 1.34. The van der Waals surface area contributed by atoms with E-state index in [1.165, 1.54) is 5.56 Å². The molecule has 2 aromatic heterocycles. The summed E-state index contributed by atoms with van der Waals surface area (Å²) in [7, 11) is 0. The Morgan fingerprint density at radius 3 is 2.89 bits per heavy atom. The molecule has 0 saturated carbocycles.